The summed E-state index contributed by atoms with van der Waals surface area (Å²) in [6.45, 7) is 1.10. The molecule has 0 bridgehead atoms. The lowest BCUT2D eigenvalue weighted by Crippen LogP contribution is -2.27. The maximum atomic E-state index is 13.0. The van der Waals surface area contributed by atoms with Crippen LogP contribution in [0.5, 0.6) is 0 Å². The smallest absolute Gasteiger partial charge is 0.321 e. The number of benzene rings is 1. The highest BCUT2D eigenvalue weighted by Gasteiger charge is 2.21. The van der Waals surface area contributed by atoms with E-state index in [0.717, 1.165) is 0 Å². The summed E-state index contributed by atoms with van der Waals surface area (Å²) in [4.78, 5) is 12.8. The van der Waals surface area contributed by atoms with Crippen molar-refractivity contribution < 1.29 is 9.18 Å². The second-order valence-corrected chi connectivity index (χ2v) is 3.16. The second kappa shape index (κ2) is 3.58. The number of nitrogens with one attached hydrogen (secondary N) is 1. The number of nitrogens with zero attached hydrogens (tertiary/aromatic N) is 2. The molecule has 1 N–H and O–H groups in total. The maximum absolute atomic E-state index is 13.0. The Morgan fingerprint density at radius 3 is 2.93 bits per heavy atom. The standard InChI is InChI=1S/C10H8FN3O/c11-9-2-1-8(5-7(9)6-12)14-4-3-13-10(14)15/h1-2,5H,3-4H2,(H,13,15). The number of hydrogen-bond acceptors (Lipinski definition) is 2. The van der Waals surface area contributed by atoms with E-state index in [0.29, 0.717) is 18.8 Å². The molecule has 0 saturated carbocycles. The van der Waals surface area contributed by atoms with Crippen molar-refractivity contribution in [2.24, 2.45) is 0 Å². The molecule has 15 heavy (non-hydrogen) atoms. The van der Waals surface area contributed by atoms with Crippen molar-refractivity contribution in [2.75, 3.05) is 18.0 Å². The van der Waals surface area contributed by atoms with Crippen molar-refractivity contribution in [3.05, 3.63) is 29.6 Å². The Morgan fingerprint density at radius 1 is 1.53 bits per heavy atom. The van der Waals surface area contributed by atoms with Crippen molar-refractivity contribution in [3.8, 4) is 6.07 Å². The summed E-state index contributed by atoms with van der Waals surface area (Å²) in [5.74, 6) is -0.569. The predicted molar refractivity (Wildman–Crippen MR) is 51.9 cm³/mol. The Hall–Kier alpha value is -2.09. The molecule has 1 aromatic rings. The summed E-state index contributed by atoms with van der Waals surface area (Å²) in [5.41, 5.74) is 0.496. The van der Waals surface area contributed by atoms with Crippen LogP contribution in [-0.4, -0.2) is 19.1 Å². The highest BCUT2D eigenvalue weighted by molar-refractivity contribution is 5.94. The van der Waals surface area contributed by atoms with Crippen molar-refractivity contribution in [2.45, 2.75) is 0 Å². The summed E-state index contributed by atoms with van der Waals surface area (Å²) in [6.07, 6.45) is 0. The van der Waals surface area contributed by atoms with Crippen LogP contribution in [0.4, 0.5) is 14.9 Å². The average Bonchev–Trinajstić information content (AvgIpc) is 2.65. The topological polar surface area (TPSA) is 56.1 Å². The number of nitriles is 1. The van der Waals surface area contributed by atoms with Gasteiger partial charge in [-0.05, 0) is 18.2 Å². The number of halogens is 1. The minimum atomic E-state index is -0.569. The van der Waals surface area contributed by atoms with Crippen LogP contribution in [0.2, 0.25) is 0 Å². The van der Waals surface area contributed by atoms with Crippen LogP contribution < -0.4 is 10.2 Å². The minimum absolute atomic E-state index is 0.0489. The molecular weight excluding hydrogens is 197 g/mol. The molecule has 4 nitrogen and oxygen atoms in total. The fourth-order valence-corrected chi connectivity index (χ4v) is 1.48. The number of carbonyl (C=O) groups excluding carboxylic acids is 1. The molecule has 1 saturated heterocycles. The Bertz CT molecular complexity index is 452. The molecule has 1 aromatic carbocycles. The predicted octanol–water partition coefficient (Wildman–Crippen LogP) is 1.23. The lowest BCUT2D eigenvalue weighted by Gasteiger charge is -2.14. The molecule has 2 amide bonds. The number of carbonyl (C=O) groups is 1. The van der Waals surface area contributed by atoms with E-state index in [-0.39, 0.29) is 11.6 Å². The Kier molecular flexibility index (Phi) is 2.26. The zero-order valence-corrected chi connectivity index (χ0v) is 7.83. The molecule has 1 aliphatic rings. The molecule has 76 valence electrons. The van der Waals surface area contributed by atoms with Crippen molar-refractivity contribution in [1.29, 1.82) is 5.26 Å². The first-order valence-electron chi connectivity index (χ1n) is 4.47. The SMILES string of the molecule is N#Cc1cc(N2CCNC2=O)ccc1F. The van der Waals surface area contributed by atoms with Crippen LogP contribution in [0, 0.1) is 17.1 Å². The number of urea groups is 1. The van der Waals surface area contributed by atoms with Crippen molar-refractivity contribution in [1.82, 2.24) is 5.32 Å². The molecule has 0 unspecified atom stereocenters. The van der Waals surface area contributed by atoms with Gasteiger partial charge in [-0.15, -0.1) is 0 Å². The van der Waals surface area contributed by atoms with Crippen LogP contribution in [0.1, 0.15) is 5.56 Å². The fraction of sp³-hybridized carbons (Fsp3) is 0.200. The molecule has 5 heteroatoms. The fourth-order valence-electron chi connectivity index (χ4n) is 1.48. The monoisotopic (exact) mass is 205 g/mol. The third kappa shape index (κ3) is 1.62. The number of anilines is 1. The molecule has 0 atom stereocenters. The van der Waals surface area contributed by atoms with E-state index in [9.17, 15) is 9.18 Å². The van der Waals surface area contributed by atoms with E-state index >= 15 is 0 Å². The molecule has 0 radical (unpaired) electrons. The van der Waals surface area contributed by atoms with E-state index in [1.165, 1.54) is 23.1 Å². The van der Waals surface area contributed by atoms with E-state index < -0.39 is 5.82 Å². The van der Waals surface area contributed by atoms with Crippen molar-refractivity contribution >= 4 is 11.7 Å². The number of amides is 2. The first-order chi connectivity index (χ1) is 7.22. The average molecular weight is 205 g/mol. The first kappa shape index (κ1) is 9.46. The summed E-state index contributed by atoms with van der Waals surface area (Å²) in [7, 11) is 0. The zero-order chi connectivity index (χ0) is 10.8. The van der Waals surface area contributed by atoms with Gasteiger partial charge >= 0.3 is 6.03 Å². The first-order valence-corrected chi connectivity index (χ1v) is 4.47. The Balaban J connectivity index is 2.37. The van der Waals surface area contributed by atoms with E-state index in [2.05, 4.69) is 5.32 Å². The Morgan fingerprint density at radius 2 is 2.33 bits per heavy atom. The summed E-state index contributed by atoms with van der Waals surface area (Å²) in [6, 6.07) is 5.58. The van der Waals surface area contributed by atoms with Gasteiger partial charge < -0.3 is 5.32 Å². The van der Waals surface area contributed by atoms with Gasteiger partial charge in [0.05, 0.1) is 5.56 Å². The molecule has 2 rings (SSSR count). The molecule has 0 spiro atoms. The van der Waals surface area contributed by atoms with Gasteiger partial charge in [0, 0.05) is 18.8 Å². The molecule has 1 fully saturated rings. The molecule has 1 heterocycles. The molecule has 1 aliphatic heterocycles. The third-order valence-electron chi connectivity index (χ3n) is 2.24. The van der Waals surface area contributed by atoms with E-state index in [1.54, 1.807) is 6.07 Å². The molecule has 0 aromatic heterocycles. The summed E-state index contributed by atoms with van der Waals surface area (Å²) < 4.78 is 13.0. The summed E-state index contributed by atoms with van der Waals surface area (Å²) >= 11 is 0. The van der Waals surface area contributed by atoms with Gasteiger partial charge in [-0.2, -0.15) is 5.26 Å². The highest BCUT2D eigenvalue weighted by atomic mass is 19.1. The van der Waals surface area contributed by atoms with Crippen LogP contribution in [0.25, 0.3) is 0 Å². The number of rotatable bonds is 1. The van der Waals surface area contributed by atoms with Crippen molar-refractivity contribution in [3.63, 3.8) is 0 Å². The van der Waals surface area contributed by atoms with Crippen LogP contribution in [0.3, 0.4) is 0 Å². The van der Waals surface area contributed by atoms with Gasteiger partial charge in [0.25, 0.3) is 0 Å². The lowest BCUT2D eigenvalue weighted by atomic mass is 10.2. The van der Waals surface area contributed by atoms with Crippen LogP contribution in [0.15, 0.2) is 18.2 Å². The third-order valence-corrected chi connectivity index (χ3v) is 2.24. The largest absolute Gasteiger partial charge is 0.336 e. The maximum Gasteiger partial charge on any atom is 0.321 e. The van der Waals surface area contributed by atoms with E-state index in [1.807, 2.05) is 0 Å². The summed E-state index contributed by atoms with van der Waals surface area (Å²) in [5, 5.41) is 11.3. The van der Waals surface area contributed by atoms with Gasteiger partial charge in [-0.3, -0.25) is 4.90 Å². The van der Waals surface area contributed by atoms with Gasteiger partial charge in [0.1, 0.15) is 11.9 Å². The van der Waals surface area contributed by atoms with Gasteiger partial charge in [0.15, 0.2) is 0 Å². The van der Waals surface area contributed by atoms with Crippen LogP contribution >= 0.6 is 0 Å². The highest BCUT2D eigenvalue weighted by Crippen LogP contribution is 2.19. The second-order valence-electron chi connectivity index (χ2n) is 3.16. The normalized spacial score (nSPS) is 14.9. The van der Waals surface area contributed by atoms with Gasteiger partial charge in [-0.1, -0.05) is 0 Å². The minimum Gasteiger partial charge on any atom is -0.336 e. The molecular formula is C10H8FN3O. The van der Waals surface area contributed by atoms with Crippen LogP contribution in [-0.2, 0) is 0 Å². The lowest BCUT2D eigenvalue weighted by molar-refractivity contribution is 0.252. The van der Waals surface area contributed by atoms with Gasteiger partial charge in [0.2, 0.25) is 0 Å². The van der Waals surface area contributed by atoms with E-state index in [4.69, 9.17) is 5.26 Å². The number of hydrogen-bond donors (Lipinski definition) is 1. The van der Waals surface area contributed by atoms with Gasteiger partial charge in [-0.25, -0.2) is 9.18 Å². The Labute approximate surface area is 85.9 Å². The quantitative estimate of drug-likeness (QED) is 0.749. The molecule has 0 aliphatic carbocycles. The zero-order valence-electron chi connectivity index (χ0n) is 7.83.